The van der Waals surface area contributed by atoms with Gasteiger partial charge in [0.2, 0.25) is 0 Å². The van der Waals surface area contributed by atoms with Gasteiger partial charge in [0, 0.05) is 16.8 Å². The van der Waals surface area contributed by atoms with Gasteiger partial charge in [0.1, 0.15) is 11.5 Å². The minimum Gasteiger partial charge on any atom is -0.545 e. The van der Waals surface area contributed by atoms with Gasteiger partial charge in [-0.1, -0.05) is 48.5 Å². The van der Waals surface area contributed by atoms with Crippen molar-refractivity contribution >= 4 is 28.3 Å². The number of carbonyl (C=O) groups is 2. The summed E-state index contributed by atoms with van der Waals surface area (Å²) >= 11 is 0. The molecule has 0 aromatic heterocycles. The molecule has 0 saturated carbocycles. The van der Waals surface area contributed by atoms with Gasteiger partial charge in [0.25, 0.3) is 5.91 Å². The van der Waals surface area contributed by atoms with Crippen molar-refractivity contribution in [3.63, 3.8) is 0 Å². The van der Waals surface area contributed by atoms with E-state index in [9.17, 15) is 14.7 Å². The molecule has 0 atom stereocenters. The Balaban J connectivity index is 1.47. The largest absolute Gasteiger partial charge is 0.545 e. The fourth-order valence-corrected chi connectivity index (χ4v) is 3.03. The van der Waals surface area contributed by atoms with Crippen LogP contribution in [0.5, 0.6) is 11.5 Å². The molecule has 0 fully saturated rings. The number of ether oxygens (including phenoxy) is 1. The van der Waals surface area contributed by atoms with E-state index in [2.05, 4.69) is 5.32 Å². The normalized spacial score (nSPS) is 10.5. The number of rotatable bonds is 5. The Bertz CT molecular complexity index is 1200. The molecule has 4 aromatic rings. The zero-order valence-electron chi connectivity index (χ0n) is 15.3. The number of carbonyl (C=O) groups excluding carboxylic acids is 2. The molecular weight excluding hydrogens is 366 g/mol. The van der Waals surface area contributed by atoms with E-state index in [4.69, 9.17) is 4.74 Å². The van der Waals surface area contributed by atoms with Crippen LogP contribution in [0.1, 0.15) is 20.7 Å². The summed E-state index contributed by atoms with van der Waals surface area (Å²) in [5.41, 5.74) is 0.416. The lowest BCUT2D eigenvalue weighted by atomic mass is 10.1. The van der Waals surface area contributed by atoms with Crippen LogP contribution in [0.2, 0.25) is 0 Å². The zero-order valence-corrected chi connectivity index (χ0v) is 15.3. The highest BCUT2D eigenvalue weighted by Crippen LogP contribution is 2.26. The quantitative estimate of drug-likeness (QED) is 0.560. The molecule has 1 amide bonds. The molecule has 142 valence electrons. The molecule has 4 aromatic carbocycles. The van der Waals surface area contributed by atoms with Crippen LogP contribution < -0.4 is 15.2 Å². The Morgan fingerprint density at radius 1 is 0.690 bits per heavy atom. The number of benzene rings is 4. The summed E-state index contributed by atoms with van der Waals surface area (Å²) in [6.45, 7) is 0. The first-order chi connectivity index (χ1) is 14.1. The highest BCUT2D eigenvalue weighted by atomic mass is 16.5. The smallest absolute Gasteiger partial charge is 0.256 e. The van der Waals surface area contributed by atoms with Crippen LogP contribution in [0.25, 0.3) is 10.8 Å². The van der Waals surface area contributed by atoms with Crippen molar-refractivity contribution in [3.8, 4) is 11.5 Å². The lowest BCUT2D eigenvalue weighted by Crippen LogP contribution is -2.26. The van der Waals surface area contributed by atoms with E-state index in [-0.39, 0.29) is 11.1 Å². The number of anilines is 1. The van der Waals surface area contributed by atoms with Crippen molar-refractivity contribution < 1.29 is 19.4 Å². The second-order valence-corrected chi connectivity index (χ2v) is 6.42. The summed E-state index contributed by atoms with van der Waals surface area (Å²) in [6.07, 6.45) is 0. The molecule has 0 bridgehead atoms. The van der Waals surface area contributed by atoms with Gasteiger partial charge in [-0.05, 0) is 53.2 Å². The third kappa shape index (κ3) is 4.09. The molecule has 5 heteroatoms. The number of carboxylic acids is 1. The van der Waals surface area contributed by atoms with Crippen LogP contribution in [-0.2, 0) is 0 Å². The minimum atomic E-state index is -1.39. The van der Waals surface area contributed by atoms with E-state index in [1.807, 2.05) is 42.5 Å². The van der Waals surface area contributed by atoms with Crippen molar-refractivity contribution in [2.45, 2.75) is 0 Å². The van der Waals surface area contributed by atoms with E-state index in [1.165, 1.54) is 12.1 Å². The summed E-state index contributed by atoms with van der Waals surface area (Å²) in [6, 6.07) is 26.6. The van der Waals surface area contributed by atoms with Crippen LogP contribution in [-0.4, -0.2) is 11.9 Å². The van der Waals surface area contributed by atoms with Crippen LogP contribution >= 0.6 is 0 Å². The van der Waals surface area contributed by atoms with E-state index in [0.717, 1.165) is 10.8 Å². The lowest BCUT2D eigenvalue weighted by Gasteiger charge is -2.11. The Morgan fingerprint density at radius 3 is 2.03 bits per heavy atom. The predicted octanol–water partition coefficient (Wildman–Crippen LogP) is 4.25. The van der Waals surface area contributed by atoms with Crippen LogP contribution in [0.3, 0.4) is 0 Å². The zero-order chi connectivity index (χ0) is 20.2. The number of fused-ring (bicyclic) bond motifs is 1. The van der Waals surface area contributed by atoms with Gasteiger partial charge in [0.15, 0.2) is 0 Å². The van der Waals surface area contributed by atoms with Gasteiger partial charge in [-0.2, -0.15) is 0 Å². The van der Waals surface area contributed by atoms with Crippen LogP contribution in [0.4, 0.5) is 5.69 Å². The Morgan fingerprint density at radius 2 is 1.31 bits per heavy atom. The minimum absolute atomic E-state index is 0.0454. The number of nitrogens with one attached hydrogen (secondary N) is 1. The SMILES string of the molecule is O=C([O-])c1ccccc1C(=O)Nc1ccc(Oc2ccc3ccccc3c2)cc1. The van der Waals surface area contributed by atoms with Gasteiger partial charge in [-0.3, -0.25) is 4.79 Å². The average molecular weight is 382 g/mol. The number of hydrogen-bond acceptors (Lipinski definition) is 4. The molecule has 0 radical (unpaired) electrons. The van der Waals surface area contributed by atoms with E-state index < -0.39 is 11.9 Å². The number of hydrogen-bond donors (Lipinski definition) is 1. The molecule has 0 aliphatic heterocycles. The van der Waals surface area contributed by atoms with E-state index in [0.29, 0.717) is 17.2 Å². The average Bonchev–Trinajstić information content (AvgIpc) is 2.75. The summed E-state index contributed by atoms with van der Waals surface area (Å²) in [4.78, 5) is 23.6. The fourth-order valence-electron chi connectivity index (χ4n) is 3.03. The summed E-state index contributed by atoms with van der Waals surface area (Å²) in [7, 11) is 0. The topological polar surface area (TPSA) is 78.5 Å². The fraction of sp³-hybridized carbons (Fsp3) is 0. The van der Waals surface area contributed by atoms with Crippen molar-refractivity contribution in [3.05, 3.63) is 102 Å². The Hall–Kier alpha value is -4.12. The maximum atomic E-state index is 12.4. The van der Waals surface area contributed by atoms with Crippen molar-refractivity contribution in [2.75, 3.05) is 5.32 Å². The molecule has 1 N–H and O–H groups in total. The maximum absolute atomic E-state index is 12.4. The molecule has 0 spiro atoms. The first kappa shape index (κ1) is 18.3. The summed E-state index contributed by atoms with van der Waals surface area (Å²) < 4.78 is 5.88. The molecule has 0 aliphatic carbocycles. The summed E-state index contributed by atoms with van der Waals surface area (Å²) in [5.74, 6) is -0.584. The van der Waals surface area contributed by atoms with E-state index >= 15 is 0 Å². The monoisotopic (exact) mass is 382 g/mol. The van der Waals surface area contributed by atoms with Gasteiger partial charge in [-0.25, -0.2) is 0 Å². The number of aromatic carboxylic acids is 1. The van der Waals surface area contributed by atoms with E-state index in [1.54, 1.807) is 36.4 Å². The number of carboxylic acid groups (broad SMARTS) is 1. The summed E-state index contributed by atoms with van der Waals surface area (Å²) in [5, 5.41) is 16.1. The van der Waals surface area contributed by atoms with Gasteiger partial charge in [0.05, 0.1) is 5.97 Å². The molecule has 0 unspecified atom stereocenters. The molecule has 29 heavy (non-hydrogen) atoms. The molecular formula is C24H16NO4-. The molecule has 0 aliphatic rings. The van der Waals surface area contributed by atoms with Gasteiger partial charge in [-0.15, -0.1) is 0 Å². The van der Waals surface area contributed by atoms with Crippen LogP contribution in [0.15, 0.2) is 91.0 Å². The van der Waals surface area contributed by atoms with Gasteiger partial charge < -0.3 is 20.0 Å². The first-order valence-electron chi connectivity index (χ1n) is 8.98. The molecule has 0 heterocycles. The number of amides is 1. The second-order valence-electron chi connectivity index (χ2n) is 6.42. The highest BCUT2D eigenvalue weighted by molar-refractivity contribution is 6.10. The van der Waals surface area contributed by atoms with Gasteiger partial charge >= 0.3 is 0 Å². The standard InChI is InChI=1S/C24H17NO4/c26-23(21-7-3-4-8-22(21)24(27)28)25-18-10-13-19(14-11-18)29-20-12-9-16-5-1-2-6-17(16)15-20/h1-15H,(H,25,26)(H,27,28)/p-1. The maximum Gasteiger partial charge on any atom is 0.256 e. The lowest BCUT2D eigenvalue weighted by molar-refractivity contribution is -0.255. The first-order valence-corrected chi connectivity index (χ1v) is 8.98. The Kier molecular flexibility index (Phi) is 4.95. The Labute approximate surface area is 167 Å². The molecule has 5 nitrogen and oxygen atoms in total. The highest BCUT2D eigenvalue weighted by Gasteiger charge is 2.12. The predicted molar refractivity (Wildman–Crippen MR) is 109 cm³/mol. The third-order valence-electron chi connectivity index (χ3n) is 4.46. The second kappa shape index (κ2) is 7.86. The molecule has 4 rings (SSSR count). The van der Waals surface area contributed by atoms with Crippen molar-refractivity contribution in [1.29, 1.82) is 0 Å². The molecule has 0 saturated heterocycles. The van der Waals surface area contributed by atoms with Crippen LogP contribution in [0, 0.1) is 0 Å². The third-order valence-corrected chi connectivity index (χ3v) is 4.46. The van der Waals surface area contributed by atoms with Crippen molar-refractivity contribution in [2.24, 2.45) is 0 Å². The van der Waals surface area contributed by atoms with Crippen molar-refractivity contribution in [1.82, 2.24) is 0 Å².